The molecule has 0 saturated heterocycles. The summed E-state index contributed by atoms with van der Waals surface area (Å²) in [5.41, 5.74) is 1.61. The van der Waals surface area contributed by atoms with Crippen LogP contribution in [0.25, 0.3) is 10.6 Å². The predicted molar refractivity (Wildman–Crippen MR) is 79.9 cm³/mol. The molecule has 1 heterocycles. The number of phenols is 1. The largest absolute Gasteiger partial charge is 0.506 e. The first-order valence-electron chi connectivity index (χ1n) is 6.16. The van der Waals surface area contributed by atoms with Gasteiger partial charge in [-0.25, -0.2) is 9.67 Å². The van der Waals surface area contributed by atoms with E-state index in [4.69, 9.17) is 0 Å². The van der Waals surface area contributed by atoms with E-state index >= 15 is 0 Å². The normalized spacial score (nSPS) is 11.8. The molecular weight excluding hydrogens is 270 g/mol. The number of aryl methyl sites for hydroxylation is 1. The van der Waals surface area contributed by atoms with Gasteiger partial charge in [0, 0.05) is 12.6 Å². The molecule has 100 valence electrons. The van der Waals surface area contributed by atoms with Crippen LogP contribution in [0.15, 0.2) is 59.6 Å². The Balaban J connectivity index is 2.08. The van der Waals surface area contributed by atoms with E-state index in [1.165, 1.54) is 11.3 Å². The third kappa shape index (κ3) is 2.48. The highest BCUT2D eigenvalue weighted by molar-refractivity contribution is 7.12. The highest BCUT2D eigenvalue weighted by Gasteiger charge is 2.05. The zero-order valence-electron chi connectivity index (χ0n) is 10.9. The Morgan fingerprint density at radius 3 is 2.50 bits per heavy atom. The Labute approximate surface area is 120 Å². The van der Waals surface area contributed by atoms with Gasteiger partial charge >= 0.3 is 0 Å². The van der Waals surface area contributed by atoms with E-state index < -0.39 is 0 Å². The summed E-state index contributed by atoms with van der Waals surface area (Å²) in [6, 6.07) is 17.0. The Hall–Kier alpha value is -2.40. The number of benzene rings is 2. The molecule has 0 aliphatic carbocycles. The lowest BCUT2D eigenvalue weighted by Gasteiger charge is -1.95. The average molecular weight is 283 g/mol. The summed E-state index contributed by atoms with van der Waals surface area (Å²) in [5, 5.41) is 15.1. The summed E-state index contributed by atoms with van der Waals surface area (Å²) < 4.78 is 1.72. The van der Waals surface area contributed by atoms with Crippen molar-refractivity contribution in [3.05, 3.63) is 59.4 Å². The first kappa shape index (κ1) is 12.6. The van der Waals surface area contributed by atoms with Gasteiger partial charge < -0.3 is 5.11 Å². The summed E-state index contributed by atoms with van der Waals surface area (Å²) in [5.74, 6) is 0.169. The number of aromatic nitrogens is 2. The smallest absolute Gasteiger partial charge is 0.208 e. The van der Waals surface area contributed by atoms with Gasteiger partial charge in [-0.3, -0.25) is 0 Å². The van der Waals surface area contributed by atoms with Gasteiger partial charge in [-0.05, 0) is 12.1 Å². The third-order valence-electron chi connectivity index (χ3n) is 2.82. The number of hydrogen-bond donors (Lipinski definition) is 1. The van der Waals surface area contributed by atoms with E-state index in [0.717, 1.165) is 15.4 Å². The van der Waals surface area contributed by atoms with Crippen molar-refractivity contribution >= 4 is 17.0 Å². The maximum atomic E-state index is 9.77. The zero-order chi connectivity index (χ0) is 13.9. The standard InChI is InChI=1S/C15H13N3OS/c1-18-15(16-12-9-5-6-10-13(12)19)20-14(17-18)11-7-3-2-4-8-11/h2-10,19H,1H3. The molecule has 0 amide bonds. The van der Waals surface area contributed by atoms with Crippen LogP contribution >= 0.6 is 11.3 Å². The highest BCUT2D eigenvalue weighted by Crippen LogP contribution is 2.25. The lowest BCUT2D eigenvalue weighted by Crippen LogP contribution is -2.10. The van der Waals surface area contributed by atoms with Gasteiger partial charge in [0.25, 0.3) is 0 Å². The predicted octanol–water partition coefficient (Wildman–Crippen LogP) is 3.09. The quantitative estimate of drug-likeness (QED) is 0.785. The van der Waals surface area contributed by atoms with E-state index in [2.05, 4.69) is 10.1 Å². The molecule has 0 saturated carbocycles. The second-order valence-electron chi connectivity index (χ2n) is 4.28. The van der Waals surface area contributed by atoms with Crippen LogP contribution in [-0.2, 0) is 7.05 Å². The van der Waals surface area contributed by atoms with Crippen LogP contribution in [0.5, 0.6) is 5.75 Å². The molecule has 2 aromatic carbocycles. The lowest BCUT2D eigenvalue weighted by molar-refractivity contribution is 0.476. The fourth-order valence-electron chi connectivity index (χ4n) is 1.81. The molecule has 0 aliphatic heterocycles. The molecule has 4 nitrogen and oxygen atoms in total. The molecule has 0 aliphatic rings. The van der Waals surface area contributed by atoms with Crippen LogP contribution in [0.1, 0.15) is 0 Å². The molecule has 0 bridgehead atoms. The van der Waals surface area contributed by atoms with Gasteiger partial charge in [0.2, 0.25) is 4.80 Å². The van der Waals surface area contributed by atoms with Crippen LogP contribution < -0.4 is 4.80 Å². The highest BCUT2D eigenvalue weighted by atomic mass is 32.1. The minimum absolute atomic E-state index is 0.169. The maximum Gasteiger partial charge on any atom is 0.208 e. The van der Waals surface area contributed by atoms with E-state index in [9.17, 15) is 5.11 Å². The van der Waals surface area contributed by atoms with Crippen molar-refractivity contribution in [2.45, 2.75) is 0 Å². The zero-order valence-corrected chi connectivity index (χ0v) is 11.7. The molecule has 0 atom stereocenters. The van der Waals surface area contributed by atoms with Gasteiger partial charge in [0.1, 0.15) is 16.4 Å². The molecule has 0 spiro atoms. The van der Waals surface area contributed by atoms with Gasteiger partial charge in [0.15, 0.2) is 0 Å². The fourth-order valence-corrected chi connectivity index (χ4v) is 2.71. The SMILES string of the molecule is Cn1nc(-c2ccccc2)sc1=Nc1ccccc1O. The number of hydrogen-bond acceptors (Lipinski definition) is 4. The summed E-state index contributed by atoms with van der Waals surface area (Å²) in [6.07, 6.45) is 0. The minimum Gasteiger partial charge on any atom is -0.506 e. The van der Waals surface area contributed by atoms with Crippen molar-refractivity contribution in [3.63, 3.8) is 0 Å². The molecule has 3 aromatic rings. The lowest BCUT2D eigenvalue weighted by atomic mass is 10.2. The molecule has 5 heteroatoms. The first-order valence-corrected chi connectivity index (χ1v) is 6.98. The summed E-state index contributed by atoms with van der Waals surface area (Å²) in [7, 11) is 1.85. The van der Waals surface area contributed by atoms with Gasteiger partial charge in [-0.15, -0.1) is 0 Å². The Kier molecular flexibility index (Phi) is 3.35. The summed E-state index contributed by atoms with van der Waals surface area (Å²) >= 11 is 1.49. The molecular formula is C15H13N3OS. The Bertz CT molecular complexity index is 790. The number of phenolic OH excluding ortho intramolecular Hbond substituents is 1. The van der Waals surface area contributed by atoms with E-state index in [-0.39, 0.29) is 5.75 Å². The molecule has 1 N–H and O–H groups in total. The van der Waals surface area contributed by atoms with Gasteiger partial charge in [-0.2, -0.15) is 5.10 Å². The van der Waals surface area contributed by atoms with E-state index in [1.807, 2.05) is 43.4 Å². The van der Waals surface area contributed by atoms with Crippen molar-refractivity contribution in [2.75, 3.05) is 0 Å². The fraction of sp³-hybridized carbons (Fsp3) is 0.0667. The minimum atomic E-state index is 0.169. The molecule has 0 unspecified atom stereocenters. The molecule has 0 fully saturated rings. The van der Waals surface area contributed by atoms with Crippen molar-refractivity contribution in [1.29, 1.82) is 0 Å². The molecule has 0 radical (unpaired) electrons. The molecule has 3 rings (SSSR count). The molecule has 20 heavy (non-hydrogen) atoms. The monoisotopic (exact) mass is 283 g/mol. The van der Waals surface area contributed by atoms with Crippen molar-refractivity contribution in [1.82, 2.24) is 9.78 Å². The van der Waals surface area contributed by atoms with Crippen LogP contribution in [0.2, 0.25) is 0 Å². The van der Waals surface area contributed by atoms with E-state index in [0.29, 0.717) is 5.69 Å². The van der Waals surface area contributed by atoms with Crippen molar-refractivity contribution in [2.24, 2.45) is 12.0 Å². The van der Waals surface area contributed by atoms with E-state index in [1.54, 1.807) is 22.9 Å². The maximum absolute atomic E-state index is 9.77. The number of nitrogens with zero attached hydrogens (tertiary/aromatic N) is 3. The second-order valence-corrected chi connectivity index (χ2v) is 5.24. The van der Waals surface area contributed by atoms with Crippen LogP contribution in [-0.4, -0.2) is 14.9 Å². The Morgan fingerprint density at radius 2 is 1.75 bits per heavy atom. The first-order chi connectivity index (χ1) is 9.74. The third-order valence-corrected chi connectivity index (χ3v) is 3.87. The molecule has 1 aromatic heterocycles. The second kappa shape index (κ2) is 5.30. The van der Waals surface area contributed by atoms with Gasteiger partial charge in [-0.1, -0.05) is 53.8 Å². The van der Waals surface area contributed by atoms with Gasteiger partial charge in [0.05, 0.1) is 0 Å². The van der Waals surface area contributed by atoms with Crippen LogP contribution in [0, 0.1) is 0 Å². The topological polar surface area (TPSA) is 50.4 Å². The van der Waals surface area contributed by atoms with Crippen molar-refractivity contribution in [3.8, 4) is 16.3 Å². The van der Waals surface area contributed by atoms with Crippen molar-refractivity contribution < 1.29 is 5.11 Å². The summed E-state index contributed by atoms with van der Waals surface area (Å²) in [6.45, 7) is 0. The Morgan fingerprint density at radius 1 is 1.05 bits per heavy atom. The number of para-hydroxylation sites is 2. The van der Waals surface area contributed by atoms with Crippen LogP contribution in [0.3, 0.4) is 0 Å². The number of aromatic hydroxyl groups is 1. The van der Waals surface area contributed by atoms with Crippen LogP contribution in [0.4, 0.5) is 5.69 Å². The average Bonchev–Trinajstić information content (AvgIpc) is 2.84. The number of rotatable bonds is 2. The summed E-state index contributed by atoms with van der Waals surface area (Å²) in [4.78, 5) is 5.20.